The average molecular weight is 615 g/mol. The third kappa shape index (κ3) is 8.75. The monoisotopic (exact) mass is 614 g/mol. The summed E-state index contributed by atoms with van der Waals surface area (Å²) in [5.74, 6) is -0.339. The number of para-hydroxylation sites is 1. The number of aromatic nitrogens is 1. The minimum atomic E-state index is -4.46. The van der Waals surface area contributed by atoms with Gasteiger partial charge in [-0.25, -0.2) is 4.79 Å². The van der Waals surface area contributed by atoms with Gasteiger partial charge in [-0.05, 0) is 66.8 Å². The second kappa shape index (κ2) is 14.4. The molecule has 0 aliphatic rings. The second-order valence-corrected chi connectivity index (χ2v) is 10.7. The molecule has 0 aliphatic carbocycles. The number of fused-ring (bicyclic) bond motifs is 1. The van der Waals surface area contributed by atoms with E-state index in [1.165, 1.54) is 17.0 Å². The molecule has 0 bridgehead atoms. The molecule has 0 spiro atoms. The van der Waals surface area contributed by atoms with Gasteiger partial charge in [-0.3, -0.25) is 4.79 Å². The highest BCUT2D eigenvalue weighted by Gasteiger charge is 2.30. The van der Waals surface area contributed by atoms with Gasteiger partial charge in [0.2, 0.25) is 5.91 Å². The van der Waals surface area contributed by atoms with Gasteiger partial charge in [-0.15, -0.1) is 0 Å². The molecule has 11 heteroatoms. The quantitative estimate of drug-likeness (QED) is 0.165. The van der Waals surface area contributed by atoms with Crippen LogP contribution in [0, 0.1) is 6.92 Å². The van der Waals surface area contributed by atoms with Gasteiger partial charge in [0.1, 0.15) is 6.54 Å². The lowest BCUT2D eigenvalue weighted by Crippen LogP contribution is -2.45. The molecule has 1 heterocycles. The smallest absolute Gasteiger partial charge is 0.385 e. The van der Waals surface area contributed by atoms with Crippen molar-refractivity contribution in [2.45, 2.75) is 32.5 Å². The van der Waals surface area contributed by atoms with Crippen LogP contribution >= 0.6 is 11.6 Å². The van der Waals surface area contributed by atoms with Crippen molar-refractivity contribution in [3.05, 3.63) is 100 Å². The number of aromatic amines is 1. The number of hydrogen-bond acceptors (Lipinski definition) is 3. The fraction of sp³-hybridized carbons (Fsp3) is 0.312. The number of carbonyl (C=O) groups is 2. The maximum absolute atomic E-state index is 13.8. The molecule has 4 aromatic rings. The normalized spacial score (nSPS) is 11.5. The first-order chi connectivity index (χ1) is 20.5. The summed E-state index contributed by atoms with van der Waals surface area (Å²) >= 11 is 6.22. The van der Waals surface area contributed by atoms with E-state index in [0.717, 1.165) is 34.2 Å². The maximum atomic E-state index is 13.8. The molecule has 0 saturated carbocycles. The Morgan fingerprint density at radius 2 is 1.74 bits per heavy atom. The minimum absolute atomic E-state index is 0.0838. The number of amides is 3. The SMILES string of the molecule is COCCCN(CC(=O)N(CCc1c[nH]c2ccccc12)Cc1ccc(C(F)(F)F)cc1)C(=O)Nc1ccc(C)c(Cl)c1. The number of aryl methyl sites for hydroxylation is 1. The Kier molecular flexibility index (Phi) is 10.7. The molecule has 0 radical (unpaired) electrons. The lowest BCUT2D eigenvalue weighted by atomic mass is 10.1. The zero-order valence-electron chi connectivity index (χ0n) is 24.0. The molecule has 0 aliphatic heterocycles. The van der Waals surface area contributed by atoms with E-state index in [1.807, 2.05) is 37.4 Å². The Bertz CT molecular complexity index is 1540. The van der Waals surface area contributed by atoms with Crippen molar-refractivity contribution in [2.24, 2.45) is 0 Å². The fourth-order valence-corrected chi connectivity index (χ4v) is 4.87. The molecule has 0 unspecified atom stereocenters. The first-order valence-electron chi connectivity index (χ1n) is 13.8. The van der Waals surface area contributed by atoms with E-state index in [9.17, 15) is 22.8 Å². The Labute approximate surface area is 253 Å². The maximum Gasteiger partial charge on any atom is 0.416 e. The van der Waals surface area contributed by atoms with E-state index in [4.69, 9.17) is 16.3 Å². The number of rotatable bonds is 12. The van der Waals surface area contributed by atoms with E-state index in [-0.39, 0.29) is 25.5 Å². The summed E-state index contributed by atoms with van der Waals surface area (Å²) in [7, 11) is 1.56. The van der Waals surface area contributed by atoms with E-state index in [1.54, 1.807) is 30.2 Å². The highest BCUT2D eigenvalue weighted by molar-refractivity contribution is 6.31. The molecular formula is C32H34ClF3N4O3. The first kappa shape index (κ1) is 31.9. The Hall–Kier alpha value is -4.02. The largest absolute Gasteiger partial charge is 0.416 e. The molecule has 4 rings (SSSR count). The van der Waals surface area contributed by atoms with Crippen LogP contribution in [-0.4, -0.2) is 60.1 Å². The molecule has 2 N–H and O–H groups in total. The predicted molar refractivity (Wildman–Crippen MR) is 162 cm³/mol. The van der Waals surface area contributed by atoms with Crippen molar-refractivity contribution >= 4 is 40.1 Å². The van der Waals surface area contributed by atoms with Crippen LogP contribution < -0.4 is 5.32 Å². The zero-order chi connectivity index (χ0) is 31.0. The van der Waals surface area contributed by atoms with Crippen molar-refractivity contribution in [1.29, 1.82) is 0 Å². The van der Waals surface area contributed by atoms with Crippen LogP contribution in [0.2, 0.25) is 5.02 Å². The number of benzene rings is 3. The van der Waals surface area contributed by atoms with Crippen LogP contribution in [0.1, 0.15) is 28.7 Å². The van der Waals surface area contributed by atoms with Crippen LogP contribution in [0.15, 0.2) is 72.9 Å². The molecule has 0 saturated heterocycles. The topological polar surface area (TPSA) is 77.7 Å². The van der Waals surface area contributed by atoms with Crippen molar-refractivity contribution in [3.63, 3.8) is 0 Å². The predicted octanol–water partition coefficient (Wildman–Crippen LogP) is 7.29. The molecule has 1 aromatic heterocycles. The second-order valence-electron chi connectivity index (χ2n) is 10.3. The summed E-state index contributed by atoms with van der Waals surface area (Å²) in [6, 6.07) is 17.3. The van der Waals surface area contributed by atoms with Crippen molar-refractivity contribution in [3.8, 4) is 0 Å². The zero-order valence-corrected chi connectivity index (χ0v) is 24.8. The van der Waals surface area contributed by atoms with Gasteiger partial charge >= 0.3 is 12.2 Å². The summed E-state index contributed by atoms with van der Waals surface area (Å²) < 4.78 is 44.5. The van der Waals surface area contributed by atoms with Gasteiger partial charge in [-0.1, -0.05) is 48.0 Å². The van der Waals surface area contributed by atoms with Crippen LogP contribution in [0.5, 0.6) is 0 Å². The van der Waals surface area contributed by atoms with Crippen molar-refractivity contribution in [2.75, 3.05) is 38.7 Å². The molecule has 0 fully saturated rings. The van der Waals surface area contributed by atoms with Crippen LogP contribution in [0.25, 0.3) is 10.9 Å². The van der Waals surface area contributed by atoms with Gasteiger partial charge in [0.05, 0.1) is 5.56 Å². The van der Waals surface area contributed by atoms with E-state index >= 15 is 0 Å². The van der Waals surface area contributed by atoms with Crippen LogP contribution in [0.3, 0.4) is 0 Å². The van der Waals surface area contributed by atoms with E-state index in [0.29, 0.717) is 42.3 Å². The lowest BCUT2D eigenvalue weighted by molar-refractivity contribution is -0.137. The standard InChI is InChI=1S/C32H34ClF3N4O3/c1-22-8-13-26(18-28(22)33)38-31(42)40(15-5-17-43-2)21-30(41)39(20-23-9-11-25(12-10-23)32(34,35)36)16-14-24-19-37-29-7-4-3-6-27(24)29/h3-4,6-13,18-19,37H,5,14-17,20-21H2,1-2H3,(H,38,42). The van der Waals surface area contributed by atoms with Crippen LogP contribution in [-0.2, 0) is 28.7 Å². The molecule has 0 atom stereocenters. The summed E-state index contributed by atoms with van der Waals surface area (Å²) in [5.41, 5.74) is 3.11. The number of hydrogen-bond donors (Lipinski definition) is 2. The molecule has 3 aromatic carbocycles. The number of H-pyrrole nitrogens is 1. The third-order valence-electron chi connectivity index (χ3n) is 7.15. The van der Waals surface area contributed by atoms with E-state index < -0.39 is 17.8 Å². The molecule has 43 heavy (non-hydrogen) atoms. The number of ether oxygens (including phenoxy) is 1. The number of anilines is 1. The molecule has 228 valence electrons. The van der Waals surface area contributed by atoms with Gasteiger partial charge < -0.3 is 24.8 Å². The Morgan fingerprint density at radius 1 is 1.00 bits per heavy atom. The van der Waals surface area contributed by atoms with Crippen molar-refractivity contribution < 1.29 is 27.5 Å². The fourth-order valence-electron chi connectivity index (χ4n) is 4.69. The third-order valence-corrected chi connectivity index (χ3v) is 7.55. The number of nitrogens with one attached hydrogen (secondary N) is 2. The summed E-state index contributed by atoms with van der Waals surface area (Å²) in [6.07, 6.45) is -1.56. The van der Waals surface area contributed by atoms with Crippen molar-refractivity contribution in [1.82, 2.24) is 14.8 Å². The Balaban J connectivity index is 1.54. The van der Waals surface area contributed by atoms with E-state index in [2.05, 4.69) is 10.3 Å². The number of halogens is 4. The number of nitrogens with zero attached hydrogens (tertiary/aromatic N) is 2. The van der Waals surface area contributed by atoms with Gasteiger partial charge in [0, 0.05) is 61.2 Å². The lowest BCUT2D eigenvalue weighted by Gasteiger charge is -2.28. The number of alkyl halides is 3. The molecule has 7 nitrogen and oxygen atoms in total. The molecular weight excluding hydrogens is 581 g/mol. The summed E-state index contributed by atoms with van der Waals surface area (Å²) in [6.45, 7) is 2.64. The van der Waals surface area contributed by atoms with Crippen LogP contribution in [0.4, 0.5) is 23.7 Å². The number of carbonyl (C=O) groups excluding carboxylic acids is 2. The first-order valence-corrected chi connectivity index (χ1v) is 14.2. The average Bonchev–Trinajstić information content (AvgIpc) is 3.39. The highest BCUT2D eigenvalue weighted by Crippen LogP contribution is 2.29. The summed E-state index contributed by atoms with van der Waals surface area (Å²) in [4.78, 5) is 33.3. The number of urea groups is 1. The number of methoxy groups -OCH3 is 1. The minimum Gasteiger partial charge on any atom is -0.385 e. The summed E-state index contributed by atoms with van der Waals surface area (Å²) in [5, 5.41) is 4.34. The Morgan fingerprint density at radius 3 is 2.44 bits per heavy atom. The van der Waals surface area contributed by atoms with Gasteiger partial charge in [0.25, 0.3) is 0 Å². The highest BCUT2D eigenvalue weighted by atomic mass is 35.5. The van der Waals surface area contributed by atoms with Gasteiger partial charge in [-0.2, -0.15) is 13.2 Å². The van der Waals surface area contributed by atoms with Gasteiger partial charge in [0.15, 0.2) is 0 Å². The molecule has 3 amide bonds.